The quantitative estimate of drug-likeness (QED) is 0.877. The average molecular weight is 316 g/mol. The molecular formula is C16H24N6O. The van der Waals surface area contributed by atoms with Gasteiger partial charge in [-0.15, -0.1) is 0 Å². The van der Waals surface area contributed by atoms with Crippen LogP contribution in [-0.4, -0.2) is 59.8 Å². The van der Waals surface area contributed by atoms with Crippen LogP contribution in [0.15, 0.2) is 17.6 Å². The van der Waals surface area contributed by atoms with Crippen molar-refractivity contribution in [2.45, 2.75) is 31.5 Å². The van der Waals surface area contributed by atoms with E-state index >= 15 is 0 Å². The Bertz CT molecular complexity index is 595. The molecule has 5 rings (SSSR count). The summed E-state index contributed by atoms with van der Waals surface area (Å²) in [5, 5.41) is 4.35. The molecule has 3 aliphatic heterocycles. The lowest BCUT2D eigenvalue weighted by molar-refractivity contribution is 0.00955. The molecule has 124 valence electrons. The summed E-state index contributed by atoms with van der Waals surface area (Å²) in [5.74, 6) is 2.46. The minimum Gasteiger partial charge on any atom is -0.379 e. The van der Waals surface area contributed by atoms with Crippen LogP contribution in [0.2, 0.25) is 0 Å². The maximum absolute atomic E-state index is 5.51. The molecule has 4 heterocycles. The summed E-state index contributed by atoms with van der Waals surface area (Å²) >= 11 is 0. The second-order valence-electron chi connectivity index (χ2n) is 7.13. The van der Waals surface area contributed by atoms with Crippen LogP contribution in [0.5, 0.6) is 0 Å². The van der Waals surface area contributed by atoms with E-state index in [1.807, 2.05) is 18.9 Å². The Hall–Kier alpha value is -1.60. The van der Waals surface area contributed by atoms with Gasteiger partial charge in [0, 0.05) is 31.6 Å². The minimum atomic E-state index is 0.288. The van der Waals surface area contributed by atoms with E-state index < -0.39 is 0 Å². The lowest BCUT2D eigenvalue weighted by Crippen LogP contribution is -2.56. The summed E-state index contributed by atoms with van der Waals surface area (Å²) in [6.07, 6.45) is 10.1. The lowest BCUT2D eigenvalue weighted by Gasteiger charge is -2.49. The fourth-order valence-electron chi connectivity index (χ4n) is 4.94. The van der Waals surface area contributed by atoms with Gasteiger partial charge < -0.3 is 9.30 Å². The monoisotopic (exact) mass is 316 g/mol. The van der Waals surface area contributed by atoms with Crippen molar-refractivity contribution in [1.29, 1.82) is 0 Å². The number of rotatable bonds is 2. The number of nitrogens with zero attached hydrogens (tertiary/aromatic N) is 5. The van der Waals surface area contributed by atoms with Crippen LogP contribution in [-0.2, 0) is 4.74 Å². The molecule has 4 atom stereocenters. The first-order valence-corrected chi connectivity index (χ1v) is 8.81. The zero-order valence-electron chi connectivity index (χ0n) is 13.3. The summed E-state index contributed by atoms with van der Waals surface area (Å²) in [5.41, 5.74) is 3.37. The fraction of sp³-hybridized carbons (Fsp3) is 0.750. The molecule has 0 aromatic carbocycles. The van der Waals surface area contributed by atoms with E-state index in [1.165, 1.54) is 31.6 Å². The number of hydrazone groups is 1. The Labute approximate surface area is 136 Å². The summed E-state index contributed by atoms with van der Waals surface area (Å²) in [7, 11) is 0. The molecule has 1 aromatic heterocycles. The van der Waals surface area contributed by atoms with Gasteiger partial charge in [-0.2, -0.15) is 5.10 Å². The molecular weight excluding hydrogens is 292 g/mol. The van der Waals surface area contributed by atoms with Crippen LogP contribution in [0.25, 0.3) is 0 Å². The number of anilines is 1. The predicted octanol–water partition coefficient (Wildman–Crippen LogP) is 0.865. The molecule has 1 saturated heterocycles. The van der Waals surface area contributed by atoms with Crippen molar-refractivity contribution in [3.8, 4) is 0 Å². The van der Waals surface area contributed by atoms with Gasteiger partial charge in [-0.1, -0.05) is 6.42 Å². The molecule has 0 bridgehead atoms. The fourth-order valence-corrected chi connectivity index (χ4v) is 4.94. The maximum Gasteiger partial charge on any atom is 0.135 e. The molecule has 1 N–H and O–H groups in total. The first-order valence-electron chi connectivity index (χ1n) is 8.81. The zero-order valence-corrected chi connectivity index (χ0v) is 13.3. The zero-order chi connectivity index (χ0) is 15.2. The number of aromatic nitrogens is 2. The van der Waals surface area contributed by atoms with Gasteiger partial charge in [0.05, 0.1) is 25.7 Å². The van der Waals surface area contributed by atoms with E-state index in [4.69, 9.17) is 4.74 Å². The van der Waals surface area contributed by atoms with Gasteiger partial charge in [0.2, 0.25) is 0 Å². The second-order valence-corrected chi connectivity index (χ2v) is 7.13. The van der Waals surface area contributed by atoms with Gasteiger partial charge in [0.15, 0.2) is 0 Å². The normalized spacial score (nSPS) is 36.3. The van der Waals surface area contributed by atoms with Crippen LogP contribution < -0.4 is 10.3 Å². The third-order valence-electron chi connectivity index (χ3n) is 5.98. The SMILES string of the molecule is C1=NNC2C3C(CN4CCOCC4)CCCC3n3cncc3N12. The van der Waals surface area contributed by atoms with Crippen LogP contribution in [0.3, 0.4) is 0 Å². The molecule has 1 aliphatic carbocycles. The highest BCUT2D eigenvalue weighted by atomic mass is 16.5. The number of imidazole rings is 1. The van der Waals surface area contributed by atoms with Crippen LogP contribution in [0, 0.1) is 11.8 Å². The van der Waals surface area contributed by atoms with Gasteiger partial charge in [-0.05, 0) is 18.8 Å². The maximum atomic E-state index is 5.51. The van der Waals surface area contributed by atoms with E-state index in [2.05, 4.69) is 29.9 Å². The van der Waals surface area contributed by atoms with Crippen LogP contribution >= 0.6 is 0 Å². The third-order valence-corrected chi connectivity index (χ3v) is 5.98. The molecule has 4 unspecified atom stereocenters. The lowest BCUT2D eigenvalue weighted by atomic mass is 9.72. The Kier molecular flexibility index (Phi) is 3.29. The van der Waals surface area contributed by atoms with Crippen molar-refractivity contribution < 1.29 is 4.74 Å². The number of ether oxygens (including phenoxy) is 1. The standard InChI is InChI=1S/C16H24N6O/c1-2-12(9-20-4-6-23-7-5-20)15-13(3-1)21-10-17-8-14(21)22-11-18-19-16(15)22/h8,10-13,15-16,19H,1-7,9H2. The highest BCUT2D eigenvalue weighted by Gasteiger charge is 2.48. The Morgan fingerprint density at radius 1 is 1.26 bits per heavy atom. The second kappa shape index (κ2) is 5.49. The molecule has 7 heteroatoms. The molecule has 2 fully saturated rings. The van der Waals surface area contributed by atoms with Gasteiger partial charge in [0.1, 0.15) is 18.3 Å². The molecule has 1 aromatic rings. The molecule has 0 radical (unpaired) electrons. The van der Waals surface area contributed by atoms with Crippen LogP contribution in [0.4, 0.5) is 5.82 Å². The van der Waals surface area contributed by atoms with E-state index in [9.17, 15) is 0 Å². The smallest absolute Gasteiger partial charge is 0.135 e. The molecule has 1 saturated carbocycles. The number of nitrogens with one attached hydrogen (secondary N) is 1. The summed E-state index contributed by atoms with van der Waals surface area (Å²) < 4.78 is 7.89. The molecule has 0 spiro atoms. The largest absolute Gasteiger partial charge is 0.379 e. The van der Waals surface area contributed by atoms with E-state index in [0.717, 1.165) is 26.3 Å². The number of hydrogen-bond donors (Lipinski definition) is 1. The minimum absolute atomic E-state index is 0.288. The summed E-state index contributed by atoms with van der Waals surface area (Å²) in [6, 6.07) is 0.544. The molecule has 7 nitrogen and oxygen atoms in total. The van der Waals surface area contributed by atoms with E-state index in [1.54, 1.807) is 0 Å². The Morgan fingerprint density at radius 2 is 2.17 bits per heavy atom. The Balaban J connectivity index is 1.44. The van der Waals surface area contributed by atoms with Crippen molar-refractivity contribution in [1.82, 2.24) is 19.9 Å². The molecule has 23 heavy (non-hydrogen) atoms. The van der Waals surface area contributed by atoms with Crippen molar-refractivity contribution in [2.75, 3.05) is 37.7 Å². The average Bonchev–Trinajstić information content (AvgIpc) is 3.25. The molecule has 0 amide bonds. The van der Waals surface area contributed by atoms with Crippen molar-refractivity contribution in [3.63, 3.8) is 0 Å². The van der Waals surface area contributed by atoms with Crippen molar-refractivity contribution in [3.05, 3.63) is 12.5 Å². The molecule has 4 aliphatic rings. The summed E-state index contributed by atoms with van der Waals surface area (Å²) in [6.45, 7) is 5.08. The topological polar surface area (TPSA) is 57.9 Å². The van der Waals surface area contributed by atoms with E-state index in [-0.39, 0.29) is 6.17 Å². The van der Waals surface area contributed by atoms with Gasteiger partial charge in [-0.25, -0.2) is 4.98 Å². The summed E-state index contributed by atoms with van der Waals surface area (Å²) in [4.78, 5) is 9.25. The van der Waals surface area contributed by atoms with Crippen molar-refractivity contribution >= 4 is 12.2 Å². The van der Waals surface area contributed by atoms with Crippen molar-refractivity contribution in [2.24, 2.45) is 16.9 Å². The Morgan fingerprint density at radius 3 is 3.09 bits per heavy atom. The highest BCUT2D eigenvalue weighted by molar-refractivity contribution is 5.80. The number of fused-ring (bicyclic) bond motifs is 6. The van der Waals surface area contributed by atoms with Gasteiger partial charge in [0.25, 0.3) is 0 Å². The van der Waals surface area contributed by atoms with Crippen LogP contribution in [0.1, 0.15) is 25.3 Å². The van der Waals surface area contributed by atoms with Gasteiger partial charge >= 0.3 is 0 Å². The number of hydrogen-bond acceptors (Lipinski definition) is 6. The van der Waals surface area contributed by atoms with E-state index in [0.29, 0.717) is 17.9 Å². The van der Waals surface area contributed by atoms with Gasteiger partial charge in [-0.3, -0.25) is 15.2 Å². The number of morpholine rings is 1. The third kappa shape index (κ3) is 2.17. The predicted molar refractivity (Wildman–Crippen MR) is 87.2 cm³/mol. The first kappa shape index (κ1) is 13.8. The highest BCUT2D eigenvalue weighted by Crippen LogP contribution is 2.47. The first-order chi connectivity index (χ1) is 11.4.